The molecule has 0 unspecified atom stereocenters. The van der Waals surface area contributed by atoms with Crippen LogP contribution in [-0.4, -0.2) is 34.7 Å². The Morgan fingerprint density at radius 3 is 2.11 bits per heavy atom. The van der Waals surface area contributed by atoms with Crippen LogP contribution in [0.1, 0.15) is 49.1 Å². The van der Waals surface area contributed by atoms with E-state index in [1.54, 1.807) is 13.8 Å². The van der Waals surface area contributed by atoms with Gasteiger partial charge >= 0.3 is 17.9 Å². The predicted molar refractivity (Wildman–Crippen MR) is 65.8 cm³/mol. The lowest BCUT2D eigenvalue weighted by molar-refractivity contribution is 0.0503. The fourth-order valence-electron chi connectivity index (χ4n) is 1.77. The minimum Gasteiger partial charge on any atom is -0.478 e. The van der Waals surface area contributed by atoms with Crippen LogP contribution in [0.5, 0.6) is 0 Å². The van der Waals surface area contributed by atoms with Crippen LogP contribution in [0.25, 0.3) is 0 Å². The van der Waals surface area contributed by atoms with E-state index in [0.717, 1.165) is 0 Å². The van der Waals surface area contributed by atoms with Gasteiger partial charge in [0.25, 0.3) is 0 Å². The molecule has 0 atom stereocenters. The summed E-state index contributed by atoms with van der Waals surface area (Å²) < 4.78 is 4.74. The number of benzene rings is 1. The molecule has 1 aromatic carbocycles. The highest BCUT2D eigenvalue weighted by atomic mass is 16.5. The maximum absolute atomic E-state index is 11.8. The first kappa shape index (κ1) is 14.7. The summed E-state index contributed by atoms with van der Waals surface area (Å²) >= 11 is 0. The van der Waals surface area contributed by atoms with Crippen molar-refractivity contribution in [2.45, 2.75) is 20.8 Å². The summed E-state index contributed by atoms with van der Waals surface area (Å²) in [6, 6.07) is 1.27. The van der Waals surface area contributed by atoms with Crippen molar-refractivity contribution in [3.8, 4) is 0 Å². The zero-order valence-corrected chi connectivity index (χ0v) is 10.8. The van der Waals surface area contributed by atoms with Crippen LogP contribution in [0.4, 0.5) is 0 Å². The van der Waals surface area contributed by atoms with E-state index >= 15 is 0 Å². The molecule has 0 fully saturated rings. The Labute approximate surface area is 109 Å². The highest BCUT2D eigenvalue weighted by molar-refractivity contribution is 6.10. The number of carboxylic acid groups (broad SMARTS) is 2. The molecular formula is C13H14O6. The first-order valence-corrected chi connectivity index (χ1v) is 5.59. The average molecular weight is 266 g/mol. The fraction of sp³-hybridized carbons (Fsp3) is 0.308. The van der Waals surface area contributed by atoms with Crippen molar-refractivity contribution in [1.29, 1.82) is 0 Å². The molecule has 0 aliphatic carbocycles. The molecule has 19 heavy (non-hydrogen) atoms. The molecule has 0 spiro atoms. The first-order valence-electron chi connectivity index (χ1n) is 5.59. The number of carbonyl (C=O) groups excluding carboxylic acids is 1. The van der Waals surface area contributed by atoms with Crippen LogP contribution in [0, 0.1) is 13.8 Å². The number of aryl methyl sites for hydroxylation is 1. The van der Waals surface area contributed by atoms with Crippen molar-refractivity contribution in [2.24, 2.45) is 0 Å². The molecule has 1 aromatic rings. The second-order valence-corrected chi connectivity index (χ2v) is 3.95. The van der Waals surface area contributed by atoms with Crippen LogP contribution in [0.2, 0.25) is 0 Å². The molecule has 0 aliphatic rings. The zero-order chi connectivity index (χ0) is 14.7. The molecule has 0 bridgehead atoms. The van der Waals surface area contributed by atoms with Gasteiger partial charge in [0.15, 0.2) is 0 Å². The third-order valence-electron chi connectivity index (χ3n) is 2.77. The predicted octanol–water partition coefficient (Wildman–Crippen LogP) is 1.88. The molecular weight excluding hydrogens is 252 g/mol. The highest BCUT2D eigenvalue weighted by Gasteiger charge is 2.28. The van der Waals surface area contributed by atoms with Gasteiger partial charge in [0, 0.05) is 0 Å². The Morgan fingerprint density at radius 1 is 1.11 bits per heavy atom. The number of hydrogen-bond donors (Lipinski definition) is 2. The lowest BCUT2D eigenvalue weighted by atomic mass is 9.92. The van der Waals surface area contributed by atoms with E-state index in [4.69, 9.17) is 9.84 Å². The van der Waals surface area contributed by atoms with Gasteiger partial charge in [-0.2, -0.15) is 0 Å². The van der Waals surface area contributed by atoms with Crippen molar-refractivity contribution in [2.75, 3.05) is 6.61 Å². The van der Waals surface area contributed by atoms with Crippen LogP contribution in [-0.2, 0) is 4.74 Å². The molecule has 0 saturated heterocycles. The SMILES string of the molecule is CCOC(=O)c1c(C(=O)O)cc(C)c(C)c1C(=O)O. The van der Waals surface area contributed by atoms with Gasteiger partial charge in [-0.05, 0) is 38.0 Å². The summed E-state index contributed by atoms with van der Waals surface area (Å²) in [7, 11) is 0. The number of esters is 1. The minimum atomic E-state index is -1.37. The van der Waals surface area contributed by atoms with E-state index in [1.165, 1.54) is 13.0 Å². The van der Waals surface area contributed by atoms with E-state index in [2.05, 4.69) is 0 Å². The maximum Gasteiger partial charge on any atom is 0.339 e. The quantitative estimate of drug-likeness (QED) is 0.807. The summed E-state index contributed by atoms with van der Waals surface area (Å²) in [6.07, 6.45) is 0. The minimum absolute atomic E-state index is 0.0316. The van der Waals surface area contributed by atoms with Gasteiger partial charge in [0.2, 0.25) is 0 Å². The van der Waals surface area contributed by atoms with E-state index in [-0.39, 0.29) is 17.7 Å². The van der Waals surface area contributed by atoms with Crippen molar-refractivity contribution >= 4 is 17.9 Å². The Morgan fingerprint density at radius 2 is 1.68 bits per heavy atom. The number of aromatic carboxylic acids is 2. The van der Waals surface area contributed by atoms with E-state index in [0.29, 0.717) is 11.1 Å². The second-order valence-electron chi connectivity index (χ2n) is 3.95. The lowest BCUT2D eigenvalue weighted by Gasteiger charge is -2.13. The molecule has 0 amide bonds. The molecule has 2 N–H and O–H groups in total. The Hall–Kier alpha value is -2.37. The summed E-state index contributed by atoms with van der Waals surface area (Å²) in [5, 5.41) is 18.3. The van der Waals surface area contributed by atoms with E-state index in [9.17, 15) is 19.5 Å². The van der Waals surface area contributed by atoms with Crippen LogP contribution >= 0.6 is 0 Å². The van der Waals surface area contributed by atoms with Crippen LogP contribution in [0.15, 0.2) is 6.07 Å². The monoisotopic (exact) mass is 266 g/mol. The Bertz CT molecular complexity index is 559. The van der Waals surface area contributed by atoms with Crippen molar-refractivity contribution in [3.05, 3.63) is 33.9 Å². The summed E-state index contributed by atoms with van der Waals surface area (Å²) in [5.74, 6) is -3.67. The summed E-state index contributed by atoms with van der Waals surface area (Å²) in [5.41, 5.74) is -0.261. The van der Waals surface area contributed by atoms with Crippen molar-refractivity contribution in [1.82, 2.24) is 0 Å². The number of ether oxygens (including phenoxy) is 1. The third kappa shape index (κ3) is 2.73. The van der Waals surface area contributed by atoms with Gasteiger partial charge in [-0.25, -0.2) is 14.4 Å². The number of hydrogen-bond acceptors (Lipinski definition) is 4. The second kappa shape index (κ2) is 5.51. The largest absolute Gasteiger partial charge is 0.478 e. The average Bonchev–Trinajstić information content (AvgIpc) is 2.31. The molecule has 0 saturated carbocycles. The Balaban J connectivity index is 3.71. The topological polar surface area (TPSA) is 101 Å². The number of rotatable bonds is 4. The number of carboxylic acids is 2. The lowest BCUT2D eigenvalue weighted by Crippen LogP contribution is -2.19. The molecule has 6 heteroatoms. The summed E-state index contributed by atoms with van der Waals surface area (Å²) in [4.78, 5) is 34.3. The summed E-state index contributed by atoms with van der Waals surface area (Å²) in [6.45, 7) is 4.69. The van der Waals surface area contributed by atoms with Gasteiger partial charge in [-0.1, -0.05) is 0 Å². The standard InChI is InChI=1S/C13H14O6/c1-4-19-13(18)10-8(11(14)15)5-6(2)7(3)9(10)12(16)17/h5H,4H2,1-3H3,(H,14,15)(H,16,17). The fourth-order valence-corrected chi connectivity index (χ4v) is 1.77. The molecule has 0 radical (unpaired) electrons. The number of carbonyl (C=O) groups is 3. The van der Waals surface area contributed by atoms with Gasteiger partial charge in [-0.3, -0.25) is 0 Å². The van der Waals surface area contributed by atoms with Gasteiger partial charge in [-0.15, -0.1) is 0 Å². The molecule has 0 aliphatic heterocycles. The zero-order valence-electron chi connectivity index (χ0n) is 10.8. The van der Waals surface area contributed by atoms with Gasteiger partial charge in [0.05, 0.1) is 23.3 Å². The van der Waals surface area contributed by atoms with Crippen molar-refractivity contribution in [3.63, 3.8) is 0 Å². The van der Waals surface area contributed by atoms with E-state index in [1.807, 2.05) is 0 Å². The third-order valence-corrected chi connectivity index (χ3v) is 2.77. The van der Waals surface area contributed by atoms with Gasteiger partial charge in [0.1, 0.15) is 0 Å². The molecule has 0 aromatic heterocycles. The molecule has 0 heterocycles. The van der Waals surface area contributed by atoms with E-state index < -0.39 is 23.5 Å². The maximum atomic E-state index is 11.8. The smallest absolute Gasteiger partial charge is 0.339 e. The van der Waals surface area contributed by atoms with Crippen LogP contribution < -0.4 is 0 Å². The van der Waals surface area contributed by atoms with Crippen LogP contribution in [0.3, 0.4) is 0 Å². The molecule has 102 valence electrons. The highest BCUT2D eigenvalue weighted by Crippen LogP contribution is 2.24. The first-order chi connectivity index (χ1) is 8.81. The van der Waals surface area contributed by atoms with Crippen molar-refractivity contribution < 1.29 is 29.3 Å². The molecule has 6 nitrogen and oxygen atoms in total. The Kier molecular flexibility index (Phi) is 4.26. The normalized spacial score (nSPS) is 10.1. The molecule has 1 rings (SSSR count). The van der Waals surface area contributed by atoms with Gasteiger partial charge < -0.3 is 14.9 Å².